The molecule has 0 spiro atoms. The number of aryl methyl sites for hydroxylation is 1. The number of phenolic OH excluding ortho intramolecular Hbond substituents is 1. The summed E-state index contributed by atoms with van der Waals surface area (Å²) in [5.41, 5.74) is 0.366. The molecule has 0 aliphatic carbocycles. The van der Waals surface area contributed by atoms with Crippen LogP contribution in [0.25, 0.3) is 0 Å². The predicted octanol–water partition coefficient (Wildman–Crippen LogP) is 3.29. The highest BCUT2D eigenvalue weighted by Crippen LogP contribution is 2.29. The Labute approximate surface area is 120 Å². The average molecular weight is 316 g/mol. The summed E-state index contributed by atoms with van der Waals surface area (Å²) in [7, 11) is -3.99. The van der Waals surface area contributed by atoms with Crippen LogP contribution in [0.4, 0.5) is 10.1 Å². The minimum absolute atomic E-state index is 0.0296. The van der Waals surface area contributed by atoms with Crippen LogP contribution in [0.3, 0.4) is 0 Å². The van der Waals surface area contributed by atoms with Gasteiger partial charge in [-0.25, -0.2) is 12.8 Å². The summed E-state index contributed by atoms with van der Waals surface area (Å²) in [6, 6.07) is 7.42. The van der Waals surface area contributed by atoms with E-state index in [9.17, 15) is 17.9 Å². The lowest BCUT2D eigenvalue weighted by Crippen LogP contribution is -2.14. The van der Waals surface area contributed by atoms with Gasteiger partial charge in [0.05, 0.1) is 10.6 Å². The summed E-state index contributed by atoms with van der Waals surface area (Å²) in [6.45, 7) is 1.55. The maximum Gasteiger partial charge on any atom is 0.262 e. The number of aromatic hydroxyl groups is 1. The van der Waals surface area contributed by atoms with Crippen LogP contribution in [0.15, 0.2) is 41.3 Å². The number of benzene rings is 2. The SMILES string of the molecule is Cc1ccc(F)cc1S(=O)(=O)Nc1ccc(Cl)cc1O. The van der Waals surface area contributed by atoms with Gasteiger partial charge in [-0.2, -0.15) is 0 Å². The smallest absolute Gasteiger partial charge is 0.262 e. The Kier molecular flexibility index (Phi) is 3.87. The van der Waals surface area contributed by atoms with Crippen LogP contribution < -0.4 is 4.72 Å². The third-order valence-corrected chi connectivity index (χ3v) is 4.39. The van der Waals surface area contributed by atoms with Crippen LogP contribution in [0, 0.1) is 12.7 Å². The molecular formula is C13H11ClFNO3S. The fourth-order valence-corrected chi connectivity index (χ4v) is 3.15. The molecule has 0 heterocycles. The number of hydrogen-bond acceptors (Lipinski definition) is 3. The van der Waals surface area contributed by atoms with Crippen molar-refractivity contribution in [3.05, 3.63) is 52.8 Å². The van der Waals surface area contributed by atoms with Crippen molar-refractivity contribution in [1.82, 2.24) is 0 Å². The molecule has 0 fully saturated rings. The lowest BCUT2D eigenvalue weighted by molar-refractivity contribution is 0.477. The Hall–Kier alpha value is -1.79. The van der Waals surface area contributed by atoms with Crippen molar-refractivity contribution in [2.45, 2.75) is 11.8 Å². The zero-order valence-electron chi connectivity index (χ0n) is 10.4. The summed E-state index contributed by atoms with van der Waals surface area (Å²) in [5, 5.41) is 9.91. The molecule has 0 aromatic heterocycles. The Balaban J connectivity index is 2.43. The molecule has 0 aliphatic rings. The number of anilines is 1. The zero-order valence-corrected chi connectivity index (χ0v) is 12.0. The van der Waals surface area contributed by atoms with E-state index in [0.29, 0.717) is 5.56 Å². The van der Waals surface area contributed by atoms with E-state index in [4.69, 9.17) is 11.6 Å². The number of nitrogens with one attached hydrogen (secondary N) is 1. The van der Waals surface area contributed by atoms with Gasteiger partial charge in [0.15, 0.2) is 0 Å². The summed E-state index contributed by atoms with van der Waals surface area (Å²) in [5.74, 6) is -0.966. The van der Waals surface area contributed by atoms with Crippen molar-refractivity contribution in [2.75, 3.05) is 4.72 Å². The largest absolute Gasteiger partial charge is 0.506 e. The average Bonchev–Trinajstić information content (AvgIpc) is 2.35. The van der Waals surface area contributed by atoms with Gasteiger partial charge < -0.3 is 5.11 Å². The van der Waals surface area contributed by atoms with Crippen molar-refractivity contribution < 1.29 is 17.9 Å². The summed E-state index contributed by atoms with van der Waals surface area (Å²) < 4.78 is 39.8. The van der Waals surface area contributed by atoms with Crippen LogP contribution in [0.2, 0.25) is 5.02 Å². The van der Waals surface area contributed by atoms with E-state index in [-0.39, 0.29) is 21.4 Å². The molecule has 2 rings (SSSR count). The molecule has 0 atom stereocenters. The van der Waals surface area contributed by atoms with Gasteiger partial charge >= 0.3 is 0 Å². The normalized spacial score (nSPS) is 11.3. The highest BCUT2D eigenvalue weighted by Gasteiger charge is 2.19. The zero-order chi connectivity index (χ0) is 14.9. The Bertz CT molecular complexity index is 762. The van der Waals surface area contributed by atoms with Gasteiger partial charge in [0.1, 0.15) is 11.6 Å². The molecule has 0 saturated carbocycles. The summed E-state index contributed by atoms with van der Waals surface area (Å²) in [4.78, 5) is -0.188. The minimum Gasteiger partial charge on any atom is -0.506 e. The Morgan fingerprint density at radius 1 is 1.20 bits per heavy atom. The van der Waals surface area contributed by atoms with Gasteiger partial charge in [0, 0.05) is 11.1 Å². The van der Waals surface area contributed by atoms with Crippen molar-refractivity contribution in [3.63, 3.8) is 0 Å². The molecular weight excluding hydrogens is 305 g/mol. The van der Waals surface area contributed by atoms with Crippen LogP contribution >= 0.6 is 11.6 Å². The summed E-state index contributed by atoms with van der Waals surface area (Å²) in [6.07, 6.45) is 0. The lowest BCUT2D eigenvalue weighted by Gasteiger charge is -2.11. The summed E-state index contributed by atoms with van der Waals surface area (Å²) >= 11 is 5.66. The van der Waals surface area contributed by atoms with E-state index in [2.05, 4.69) is 4.72 Å². The van der Waals surface area contributed by atoms with Gasteiger partial charge in [-0.3, -0.25) is 4.72 Å². The van der Waals surface area contributed by atoms with Crippen molar-refractivity contribution >= 4 is 27.3 Å². The van der Waals surface area contributed by atoms with Gasteiger partial charge in [0.2, 0.25) is 0 Å². The predicted molar refractivity (Wildman–Crippen MR) is 75.1 cm³/mol. The standard InChI is InChI=1S/C13H11ClFNO3S/c1-8-2-4-10(15)7-13(8)20(18,19)16-11-5-3-9(14)6-12(11)17/h2-7,16-17H,1H3. The van der Waals surface area contributed by atoms with Gasteiger partial charge in [0.25, 0.3) is 10.0 Å². The number of rotatable bonds is 3. The van der Waals surface area contributed by atoms with Gasteiger partial charge in [-0.1, -0.05) is 17.7 Å². The van der Waals surface area contributed by atoms with E-state index >= 15 is 0 Å². The van der Waals surface area contributed by atoms with Crippen molar-refractivity contribution in [2.24, 2.45) is 0 Å². The number of phenols is 1. The topological polar surface area (TPSA) is 66.4 Å². The lowest BCUT2D eigenvalue weighted by atomic mass is 10.2. The number of sulfonamides is 1. The second-order valence-corrected chi connectivity index (χ2v) is 6.26. The second-order valence-electron chi connectivity index (χ2n) is 4.18. The number of hydrogen-bond donors (Lipinski definition) is 2. The molecule has 2 N–H and O–H groups in total. The first-order valence-corrected chi connectivity index (χ1v) is 7.43. The molecule has 20 heavy (non-hydrogen) atoms. The van der Waals surface area contributed by atoms with E-state index in [0.717, 1.165) is 6.07 Å². The maximum atomic E-state index is 13.2. The first-order chi connectivity index (χ1) is 9.29. The highest BCUT2D eigenvalue weighted by atomic mass is 35.5. The first kappa shape index (κ1) is 14.6. The van der Waals surface area contributed by atoms with Gasteiger partial charge in [-0.05, 0) is 36.8 Å². The van der Waals surface area contributed by atoms with Crippen LogP contribution in [0.1, 0.15) is 5.56 Å². The van der Waals surface area contributed by atoms with E-state index in [1.807, 2.05) is 0 Å². The monoisotopic (exact) mass is 315 g/mol. The molecule has 0 bridgehead atoms. The van der Waals surface area contributed by atoms with Gasteiger partial charge in [-0.15, -0.1) is 0 Å². The first-order valence-electron chi connectivity index (χ1n) is 5.57. The van der Waals surface area contributed by atoms with Crippen molar-refractivity contribution in [3.8, 4) is 5.75 Å². The Morgan fingerprint density at radius 2 is 1.90 bits per heavy atom. The fraction of sp³-hybridized carbons (Fsp3) is 0.0769. The molecule has 0 aliphatic heterocycles. The van der Waals surface area contributed by atoms with Crippen LogP contribution in [-0.4, -0.2) is 13.5 Å². The molecule has 0 saturated heterocycles. The molecule has 2 aromatic rings. The van der Waals surface area contributed by atoms with E-state index in [1.165, 1.54) is 30.3 Å². The fourth-order valence-electron chi connectivity index (χ4n) is 1.65. The highest BCUT2D eigenvalue weighted by molar-refractivity contribution is 7.92. The molecule has 2 aromatic carbocycles. The van der Waals surface area contributed by atoms with Crippen molar-refractivity contribution in [1.29, 1.82) is 0 Å². The number of halogens is 2. The molecule has 0 unspecified atom stereocenters. The molecule has 0 amide bonds. The molecule has 7 heteroatoms. The third-order valence-electron chi connectivity index (χ3n) is 2.64. The Morgan fingerprint density at radius 3 is 2.55 bits per heavy atom. The maximum absolute atomic E-state index is 13.2. The van der Waals surface area contributed by atoms with Crippen LogP contribution in [0.5, 0.6) is 5.75 Å². The quantitative estimate of drug-likeness (QED) is 0.854. The molecule has 106 valence electrons. The third kappa shape index (κ3) is 3.02. The van der Waals surface area contributed by atoms with E-state index in [1.54, 1.807) is 6.92 Å². The minimum atomic E-state index is -3.99. The molecule has 0 radical (unpaired) electrons. The van der Waals surface area contributed by atoms with Crippen LogP contribution in [-0.2, 0) is 10.0 Å². The molecule has 4 nitrogen and oxygen atoms in total. The second kappa shape index (κ2) is 5.30. The van der Waals surface area contributed by atoms with E-state index < -0.39 is 15.8 Å².